The predicted octanol–water partition coefficient (Wildman–Crippen LogP) is -0.306. The van der Waals surface area contributed by atoms with Crippen molar-refractivity contribution in [3.05, 3.63) is 17.5 Å². The molecule has 78 valence electrons. The molecule has 0 fully saturated rings. The summed E-state index contributed by atoms with van der Waals surface area (Å²) in [6.45, 7) is 3.36. The number of nitrogens with zero attached hydrogens (tertiary/aromatic N) is 2. The molecule has 0 aliphatic rings. The Morgan fingerprint density at radius 3 is 2.93 bits per heavy atom. The fourth-order valence-corrected chi connectivity index (χ4v) is 1.15. The Morgan fingerprint density at radius 2 is 2.43 bits per heavy atom. The molecule has 0 aromatic carbocycles. The molecule has 0 saturated carbocycles. The van der Waals surface area contributed by atoms with E-state index in [0.29, 0.717) is 13.0 Å². The third kappa shape index (κ3) is 2.85. The van der Waals surface area contributed by atoms with Crippen molar-refractivity contribution >= 4 is 5.91 Å². The van der Waals surface area contributed by atoms with Crippen molar-refractivity contribution in [2.24, 2.45) is 12.8 Å². The van der Waals surface area contributed by atoms with Crippen LogP contribution in [0.2, 0.25) is 0 Å². The highest BCUT2D eigenvalue weighted by Crippen LogP contribution is 2.04. The average molecular weight is 196 g/mol. The second-order valence-corrected chi connectivity index (χ2v) is 3.27. The lowest BCUT2D eigenvalue weighted by Gasteiger charge is -2.02. The van der Waals surface area contributed by atoms with Gasteiger partial charge < -0.3 is 11.1 Å². The number of hydrogen-bond donors (Lipinski definition) is 2. The maximum atomic E-state index is 10.4. The summed E-state index contributed by atoms with van der Waals surface area (Å²) in [7, 11) is 1.91. The van der Waals surface area contributed by atoms with E-state index < -0.39 is 0 Å². The van der Waals surface area contributed by atoms with E-state index in [0.717, 1.165) is 17.8 Å². The highest BCUT2D eigenvalue weighted by Gasteiger charge is 2.02. The molecule has 0 aliphatic carbocycles. The highest BCUT2D eigenvalue weighted by atomic mass is 16.1. The van der Waals surface area contributed by atoms with Crippen LogP contribution in [0.15, 0.2) is 6.20 Å². The number of aryl methyl sites for hydroxylation is 1. The van der Waals surface area contributed by atoms with Gasteiger partial charge in [0.05, 0.1) is 6.20 Å². The lowest BCUT2D eigenvalue weighted by Crippen LogP contribution is -2.21. The predicted molar refractivity (Wildman–Crippen MR) is 53.5 cm³/mol. The summed E-state index contributed by atoms with van der Waals surface area (Å²) in [4.78, 5) is 10.4. The summed E-state index contributed by atoms with van der Waals surface area (Å²) in [5.41, 5.74) is 7.30. The average Bonchev–Trinajstić information content (AvgIpc) is 2.43. The van der Waals surface area contributed by atoms with Crippen LogP contribution in [0.4, 0.5) is 0 Å². The van der Waals surface area contributed by atoms with E-state index in [1.54, 1.807) is 0 Å². The Kier molecular flexibility index (Phi) is 3.64. The molecule has 0 saturated heterocycles. The van der Waals surface area contributed by atoms with Gasteiger partial charge in [-0.05, 0) is 6.92 Å². The van der Waals surface area contributed by atoms with Crippen LogP contribution in [-0.4, -0.2) is 22.2 Å². The van der Waals surface area contributed by atoms with Crippen molar-refractivity contribution in [1.29, 1.82) is 0 Å². The topological polar surface area (TPSA) is 72.9 Å². The number of hydrogen-bond acceptors (Lipinski definition) is 3. The van der Waals surface area contributed by atoms with E-state index in [1.165, 1.54) is 0 Å². The van der Waals surface area contributed by atoms with Crippen LogP contribution in [0.3, 0.4) is 0 Å². The van der Waals surface area contributed by atoms with Gasteiger partial charge in [-0.25, -0.2) is 0 Å². The van der Waals surface area contributed by atoms with Gasteiger partial charge in [0.25, 0.3) is 0 Å². The summed E-state index contributed by atoms with van der Waals surface area (Å²) in [5.74, 6) is -0.277. The molecule has 1 aromatic rings. The van der Waals surface area contributed by atoms with E-state index in [4.69, 9.17) is 5.73 Å². The van der Waals surface area contributed by atoms with Gasteiger partial charge in [0, 0.05) is 37.8 Å². The Bertz CT molecular complexity index is 319. The van der Waals surface area contributed by atoms with Crippen LogP contribution in [-0.2, 0) is 18.4 Å². The summed E-state index contributed by atoms with van der Waals surface area (Å²) in [6, 6.07) is 0. The summed E-state index contributed by atoms with van der Waals surface area (Å²) < 4.78 is 1.82. The molecule has 0 atom stereocenters. The molecule has 1 heterocycles. The second-order valence-electron chi connectivity index (χ2n) is 3.27. The minimum absolute atomic E-state index is 0.277. The van der Waals surface area contributed by atoms with Crippen molar-refractivity contribution in [3.63, 3.8) is 0 Å². The van der Waals surface area contributed by atoms with Gasteiger partial charge in [-0.15, -0.1) is 0 Å². The van der Waals surface area contributed by atoms with E-state index in [9.17, 15) is 4.79 Å². The quantitative estimate of drug-likeness (QED) is 0.635. The van der Waals surface area contributed by atoms with Crippen molar-refractivity contribution in [2.45, 2.75) is 19.9 Å². The maximum absolute atomic E-state index is 10.4. The van der Waals surface area contributed by atoms with Crippen LogP contribution in [0.25, 0.3) is 0 Å². The standard InChI is InChI=1S/C9H16N4O/c1-7-8(6-12-13(7)2)5-11-4-3-9(10)14/h6,11H,3-5H2,1-2H3,(H2,10,14). The van der Waals surface area contributed by atoms with Crippen molar-refractivity contribution < 1.29 is 4.79 Å². The van der Waals surface area contributed by atoms with Crippen LogP contribution in [0.5, 0.6) is 0 Å². The van der Waals surface area contributed by atoms with E-state index >= 15 is 0 Å². The number of carbonyl (C=O) groups is 1. The number of nitrogens with two attached hydrogens (primary N) is 1. The molecular weight excluding hydrogens is 180 g/mol. The van der Waals surface area contributed by atoms with Gasteiger partial charge in [0.2, 0.25) is 5.91 Å². The molecule has 3 N–H and O–H groups in total. The first-order valence-corrected chi connectivity index (χ1v) is 4.57. The van der Waals surface area contributed by atoms with Gasteiger partial charge in [0.15, 0.2) is 0 Å². The first-order valence-electron chi connectivity index (χ1n) is 4.57. The van der Waals surface area contributed by atoms with Crippen LogP contribution >= 0.6 is 0 Å². The van der Waals surface area contributed by atoms with Crippen LogP contribution < -0.4 is 11.1 Å². The molecule has 0 spiro atoms. The van der Waals surface area contributed by atoms with Crippen molar-refractivity contribution in [2.75, 3.05) is 6.54 Å². The van der Waals surface area contributed by atoms with Crippen LogP contribution in [0.1, 0.15) is 17.7 Å². The zero-order chi connectivity index (χ0) is 10.6. The normalized spacial score (nSPS) is 10.4. The maximum Gasteiger partial charge on any atom is 0.218 e. The van der Waals surface area contributed by atoms with Gasteiger partial charge in [0.1, 0.15) is 0 Å². The molecule has 0 unspecified atom stereocenters. The highest BCUT2D eigenvalue weighted by molar-refractivity contribution is 5.73. The van der Waals surface area contributed by atoms with Crippen LogP contribution in [0, 0.1) is 6.92 Å². The molecule has 5 nitrogen and oxygen atoms in total. The first kappa shape index (κ1) is 10.7. The van der Waals surface area contributed by atoms with E-state index in [-0.39, 0.29) is 5.91 Å². The monoisotopic (exact) mass is 196 g/mol. The minimum atomic E-state index is -0.277. The van der Waals surface area contributed by atoms with Crippen molar-refractivity contribution in [3.8, 4) is 0 Å². The Hall–Kier alpha value is -1.36. The number of carbonyl (C=O) groups excluding carboxylic acids is 1. The fraction of sp³-hybridized carbons (Fsp3) is 0.556. The molecule has 0 aliphatic heterocycles. The molecule has 1 amide bonds. The fourth-order valence-electron chi connectivity index (χ4n) is 1.15. The number of primary amides is 1. The number of aromatic nitrogens is 2. The number of nitrogens with one attached hydrogen (secondary N) is 1. The Labute approximate surface area is 83.3 Å². The first-order chi connectivity index (χ1) is 6.61. The number of amides is 1. The second kappa shape index (κ2) is 4.76. The van der Waals surface area contributed by atoms with E-state index in [1.807, 2.05) is 24.9 Å². The third-order valence-corrected chi connectivity index (χ3v) is 2.20. The Balaban J connectivity index is 2.31. The summed E-state index contributed by atoms with van der Waals surface area (Å²) in [5, 5.41) is 7.25. The lowest BCUT2D eigenvalue weighted by molar-refractivity contribution is -0.117. The summed E-state index contributed by atoms with van der Waals surface area (Å²) >= 11 is 0. The molecule has 0 radical (unpaired) electrons. The molecule has 0 bridgehead atoms. The zero-order valence-electron chi connectivity index (χ0n) is 8.58. The smallest absolute Gasteiger partial charge is 0.218 e. The largest absolute Gasteiger partial charge is 0.370 e. The van der Waals surface area contributed by atoms with Gasteiger partial charge in [-0.3, -0.25) is 9.48 Å². The summed E-state index contributed by atoms with van der Waals surface area (Å²) in [6.07, 6.45) is 2.20. The van der Waals surface area contributed by atoms with Gasteiger partial charge >= 0.3 is 0 Å². The van der Waals surface area contributed by atoms with Gasteiger partial charge in [-0.2, -0.15) is 5.10 Å². The molecular formula is C9H16N4O. The minimum Gasteiger partial charge on any atom is -0.370 e. The molecule has 14 heavy (non-hydrogen) atoms. The Morgan fingerprint density at radius 1 is 1.71 bits per heavy atom. The number of rotatable bonds is 5. The lowest BCUT2D eigenvalue weighted by atomic mass is 10.2. The molecule has 1 aromatic heterocycles. The van der Waals surface area contributed by atoms with E-state index in [2.05, 4.69) is 10.4 Å². The third-order valence-electron chi connectivity index (χ3n) is 2.20. The SMILES string of the molecule is Cc1c(CNCCC(N)=O)cnn1C. The molecule has 5 heteroatoms. The van der Waals surface area contributed by atoms with Crippen molar-refractivity contribution in [1.82, 2.24) is 15.1 Å². The zero-order valence-corrected chi connectivity index (χ0v) is 8.58. The molecule has 1 rings (SSSR count). The van der Waals surface area contributed by atoms with Gasteiger partial charge in [-0.1, -0.05) is 0 Å².